The number of amides is 10. The predicted molar refractivity (Wildman–Crippen MR) is 357 cm³/mol. The van der Waals surface area contributed by atoms with Gasteiger partial charge in [-0.05, 0) is 90.0 Å². The number of carbonyl (C=O) groups is 20. The molecule has 0 aromatic heterocycles. The van der Waals surface area contributed by atoms with Gasteiger partial charge in [0.2, 0.25) is 35.4 Å². The van der Waals surface area contributed by atoms with Gasteiger partial charge in [0.1, 0.15) is 111 Å². The Morgan fingerprint density at radius 3 is 0.779 bits per heavy atom. The van der Waals surface area contributed by atoms with Crippen LogP contribution in [0.2, 0.25) is 0 Å². The number of hydrogen-bond donors (Lipinski definition) is 6. The van der Waals surface area contributed by atoms with Gasteiger partial charge in [0.15, 0.2) is 38.7 Å². The van der Waals surface area contributed by atoms with Crippen LogP contribution in [0.25, 0.3) is 0 Å². The largest absolute Gasteiger partial charge is 0.422 e. The minimum absolute atomic E-state index is 0.414. The summed E-state index contributed by atoms with van der Waals surface area (Å²) in [6.07, 6.45) is -18.9. The molecule has 39 nitrogen and oxygen atoms in total. The van der Waals surface area contributed by atoms with Gasteiger partial charge in [0.25, 0.3) is 0 Å². The maximum atomic E-state index is 13.8. The van der Waals surface area contributed by atoms with Crippen molar-refractivity contribution in [3.05, 3.63) is 0 Å². The Hall–Kier alpha value is -9.60. The lowest BCUT2D eigenvalue weighted by molar-refractivity contribution is -0.154. The lowest BCUT2D eigenvalue weighted by Gasteiger charge is -2.27. The maximum Gasteiger partial charge on any atom is 0.412 e. The molecule has 0 heterocycles. The fourth-order valence-corrected chi connectivity index (χ4v) is 7.83. The SMILES string of the molecule is [2H]C(=O)C(C)(C)CC(=O)CN(CC(=O)NC(C)(C)C([2H])=O)C(=O)OCOCC(COCC(COCOC(=O)N(CC(=O)CC(C)(C)C(C)=O)CC(=O)NC(C)(C)C([2H])=O)OCOC(=O)N(CC(=O)NC(C)(C)C([2H])=O)CC(=O)NC(C)(C)C([2H])=O)OCOC(=O)N(CC(=O)NC(C)(C)C([2H])=O)CC(=O)NC(C)(C)C([2H])=O. The average Bonchev–Trinajstić information content (AvgIpc) is 0.867. The molecule has 39 heteroatoms. The maximum absolute atomic E-state index is 13.8. The molecule has 0 aromatic rings. The third-order valence-corrected chi connectivity index (χ3v) is 13.2. The Morgan fingerprint density at radius 2 is 0.548 bits per heavy atom. The zero-order valence-electron chi connectivity index (χ0n) is 68.5. The summed E-state index contributed by atoms with van der Waals surface area (Å²) in [6.45, 7) is 4.62. The minimum Gasteiger partial charge on any atom is -0.422 e. The van der Waals surface area contributed by atoms with E-state index in [1.807, 2.05) is 0 Å². The number of hydrogen-bond acceptors (Lipinski definition) is 29. The van der Waals surface area contributed by atoms with Crippen LogP contribution in [0.5, 0.6) is 0 Å². The molecule has 0 fully saturated rings. The van der Waals surface area contributed by atoms with Crippen LogP contribution in [0, 0.1) is 10.8 Å². The van der Waals surface area contributed by atoms with Gasteiger partial charge in [-0.1, -0.05) is 27.7 Å². The summed E-state index contributed by atoms with van der Waals surface area (Å²) in [6, 6.07) is 0. The summed E-state index contributed by atoms with van der Waals surface area (Å²) in [4.78, 5) is 258. The highest BCUT2D eigenvalue weighted by atomic mass is 16.7. The number of rotatable bonds is 52. The van der Waals surface area contributed by atoms with Crippen molar-refractivity contribution in [2.45, 2.75) is 176 Å². The molecule has 0 bridgehead atoms. The zero-order chi connectivity index (χ0) is 86.3. The number of ketones is 3. The molecule has 104 heavy (non-hydrogen) atoms. The van der Waals surface area contributed by atoms with E-state index in [2.05, 4.69) is 31.9 Å². The highest BCUT2D eigenvalue weighted by molar-refractivity contribution is 5.94. The predicted octanol–water partition coefficient (Wildman–Crippen LogP) is -1.29. The van der Waals surface area contributed by atoms with Crippen molar-refractivity contribution in [3.63, 3.8) is 0 Å². The average molecular weight is 1490 g/mol. The first-order valence-corrected chi connectivity index (χ1v) is 31.6. The molecule has 2 atom stereocenters. The molecule has 0 aromatic carbocycles. The van der Waals surface area contributed by atoms with Crippen LogP contribution in [0.3, 0.4) is 0 Å². The standard InChI is InChI=1S/C65H102N10O29/c1-43(83)59(4,5)19-45(85)21-73(23-49(87)67-61(8,9)34-78)55(93)102-40-98-31-47(100-42-104-57(95)75(26-52(90)70-64(14,15)37-81)27-53(91)71-65(16,17)38-82)29-96-28-46(99-41-103-56(94)74(24-50(88)68-62(10,11)35-79)25-51(89)69-63(12,13)36-80)30-97-39-101-54(92)72(20-44(84)18-58(2,3)32-76)22-48(86)66-60(6,7)33-77/h32-38,46-47H,18-31,39-42H2,1-17H3,(H,66,86)(H,67,87)(H,68,88)(H,69,89)(H,70,90)(H,71,91)/i32D,33D,34D,35D,36D,37D,38D. The topological polar surface area (TPSA) is 510 Å². The lowest BCUT2D eigenvalue weighted by Crippen LogP contribution is -2.53. The monoisotopic (exact) mass is 1490 g/mol. The van der Waals surface area contributed by atoms with Crippen LogP contribution in [0.4, 0.5) is 19.2 Å². The molecule has 0 aliphatic heterocycles. The summed E-state index contributed by atoms with van der Waals surface area (Å²) in [5, 5.41) is 13.2. The second kappa shape index (κ2) is 43.5. The highest BCUT2D eigenvalue weighted by Crippen LogP contribution is 2.22. The van der Waals surface area contributed by atoms with Crippen LogP contribution in [-0.4, -0.2) is 292 Å². The van der Waals surface area contributed by atoms with Crippen molar-refractivity contribution in [1.82, 2.24) is 51.5 Å². The summed E-state index contributed by atoms with van der Waals surface area (Å²) < 4.78 is 102. The summed E-state index contributed by atoms with van der Waals surface area (Å²) in [5.74, 6) is -8.70. The van der Waals surface area contributed by atoms with Gasteiger partial charge in [0.05, 0.1) is 72.8 Å². The Labute approximate surface area is 612 Å². The molecule has 0 saturated heterocycles. The van der Waals surface area contributed by atoms with Crippen LogP contribution in [-0.2, 0) is 119 Å². The van der Waals surface area contributed by atoms with E-state index in [0.29, 0.717) is 19.6 Å². The Balaban J connectivity index is 7.81. The second-order valence-corrected chi connectivity index (χ2v) is 27.9. The number of nitrogens with zero attached hydrogens (tertiary/aromatic N) is 4. The molecule has 0 rings (SSSR count). The number of carbonyl (C=O) groups excluding carboxylic acids is 20. The molecular formula is C65H102N10O29. The van der Waals surface area contributed by atoms with Gasteiger partial charge < -0.3 is 108 Å². The van der Waals surface area contributed by atoms with Crippen LogP contribution < -0.4 is 31.9 Å². The van der Waals surface area contributed by atoms with Crippen LogP contribution in [0.15, 0.2) is 0 Å². The van der Waals surface area contributed by atoms with E-state index in [-0.39, 0.29) is 0 Å². The number of Topliss-reactive ketones (excluding diaryl/α,β-unsaturated/α-hetero) is 3. The van der Waals surface area contributed by atoms with Crippen molar-refractivity contribution in [1.29, 1.82) is 0 Å². The molecule has 586 valence electrons. The Bertz CT molecular complexity index is 3080. The van der Waals surface area contributed by atoms with Gasteiger partial charge in [-0.15, -0.1) is 0 Å². The molecule has 0 radical (unpaired) electrons. The minimum atomic E-state index is -1.84. The third-order valence-electron chi connectivity index (χ3n) is 13.2. The van der Waals surface area contributed by atoms with Crippen molar-refractivity contribution < 1.29 is 148 Å². The molecular weight excluding hydrogens is 1380 g/mol. The van der Waals surface area contributed by atoms with Crippen molar-refractivity contribution in [2.24, 2.45) is 10.8 Å². The van der Waals surface area contributed by atoms with Crippen LogP contribution >= 0.6 is 0 Å². The van der Waals surface area contributed by atoms with E-state index >= 15 is 0 Å². The van der Waals surface area contributed by atoms with E-state index in [9.17, 15) is 95.9 Å². The van der Waals surface area contributed by atoms with Crippen LogP contribution in [0.1, 0.15) is 140 Å². The van der Waals surface area contributed by atoms with E-state index in [0.717, 1.165) is 69.2 Å². The number of aldehydes is 7. The fourth-order valence-electron chi connectivity index (χ4n) is 7.83. The van der Waals surface area contributed by atoms with Gasteiger partial charge in [-0.3, -0.25) is 62.8 Å². The molecule has 0 spiro atoms. The van der Waals surface area contributed by atoms with Crippen molar-refractivity contribution in [3.8, 4) is 0 Å². The van der Waals surface area contributed by atoms with E-state index < -0.39 is 296 Å². The Kier molecular flexibility index (Phi) is 34.2. The molecule has 2 unspecified atom stereocenters. The van der Waals surface area contributed by atoms with E-state index in [4.69, 9.17) is 52.2 Å². The Morgan fingerprint density at radius 1 is 0.327 bits per heavy atom. The third kappa shape index (κ3) is 40.9. The van der Waals surface area contributed by atoms with E-state index in [1.165, 1.54) is 48.5 Å². The summed E-state index contributed by atoms with van der Waals surface area (Å²) >= 11 is 0. The first kappa shape index (κ1) is 81.7. The zero-order valence-corrected chi connectivity index (χ0v) is 61.5. The smallest absolute Gasteiger partial charge is 0.412 e. The normalized spacial score (nSPS) is 13.5. The highest BCUT2D eigenvalue weighted by Gasteiger charge is 2.35. The molecule has 6 N–H and O–H groups in total. The lowest BCUT2D eigenvalue weighted by atomic mass is 9.83. The first-order valence-electron chi connectivity index (χ1n) is 35.1. The fraction of sp³-hybridized carbons (Fsp3) is 0.692. The first-order chi connectivity index (χ1) is 50.5. The molecule has 0 aliphatic rings. The number of nitrogens with one attached hydrogen (secondary N) is 6. The van der Waals surface area contributed by atoms with Crippen molar-refractivity contribution in [2.75, 3.05) is 106 Å². The second-order valence-electron chi connectivity index (χ2n) is 27.9. The van der Waals surface area contributed by atoms with Crippen molar-refractivity contribution >= 4 is 121 Å². The van der Waals surface area contributed by atoms with Gasteiger partial charge >= 0.3 is 24.4 Å². The molecule has 0 saturated carbocycles. The van der Waals surface area contributed by atoms with Gasteiger partial charge in [-0.25, -0.2) is 19.2 Å². The molecule has 0 aliphatic carbocycles. The quantitative estimate of drug-likeness (QED) is 0.0179. The van der Waals surface area contributed by atoms with E-state index in [1.54, 1.807) is 0 Å². The molecule has 10 amide bonds. The van der Waals surface area contributed by atoms with Gasteiger partial charge in [-0.2, -0.15) is 0 Å². The summed E-state index contributed by atoms with van der Waals surface area (Å²) in [7, 11) is 0. The van der Waals surface area contributed by atoms with Gasteiger partial charge in [0, 0.05) is 23.7 Å². The summed E-state index contributed by atoms with van der Waals surface area (Å²) in [5.41, 5.74) is -13.8. The number of ether oxygens (including phenoxy) is 9.